The van der Waals surface area contributed by atoms with Gasteiger partial charge in [-0.1, -0.05) is 53.7 Å². The fraction of sp³-hybridized carbons (Fsp3) is 0.656. The van der Waals surface area contributed by atoms with Crippen LogP contribution in [0.15, 0.2) is 36.9 Å². The third-order valence-corrected chi connectivity index (χ3v) is 21.6. The Morgan fingerprint density at radius 1 is 0.980 bits per heavy atom. The van der Waals surface area contributed by atoms with E-state index in [0.717, 1.165) is 12.1 Å². The Labute approximate surface area is 299 Å². The van der Waals surface area contributed by atoms with Gasteiger partial charge in [0, 0.05) is 6.42 Å². The van der Waals surface area contributed by atoms with Gasteiger partial charge in [-0.2, -0.15) is 13.2 Å². The van der Waals surface area contributed by atoms with Crippen molar-refractivity contribution in [3.8, 4) is 0 Å². The minimum absolute atomic E-state index is 0.0799. The largest absolute Gasteiger partial charge is 0.416 e. The molecule has 50 heavy (non-hydrogen) atoms. The molecular weight excluding hydrogens is 727 g/mol. The number of nitrogens with zero attached hydrogens (tertiary/aromatic N) is 4. The summed E-state index contributed by atoms with van der Waals surface area (Å²) in [6, 6.07) is 5.06. The highest BCUT2D eigenvalue weighted by molar-refractivity contribution is 8.07. The summed E-state index contributed by atoms with van der Waals surface area (Å²) < 4.78 is 81.8. The molecule has 4 heterocycles. The first-order valence-corrected chi connectivity index (χ1v) is 25.0. The molecule has 0 spiro atoms. The predicted octanol–water partition coefficient (Wildman–Crippen LogP) is 8.52. The van der Waals surface area contributed by atoms with Gasteiger partial charge < -0.3 is 32.9 Å². The molecule has 2 aliphatic heterocycles. The first-order valence-electron chi connectivity index (χ1n) is 16.6. The van der Waals surface area contributed by atoms with Gasteiger partial charge in [-0.25, -0.2) is 15.0 Å². The van der Waals surface area contributed by atoms with Crippen LogP contribution >= 0.6 is 6.72 Å². The van der Waals surface area contributed by atoms with Crippen molar-refractivity contribution in [3.63, 3.8) is 0 Å². The van der Waals surface area contributed by atoms with Crippen molar-refractivity contribution in [2.75, 3.05) is 18.9 Å². The number of aromatic nitrogens is 4. The van der Waals surface area contributed by atoms with Crippen LogP contribution in [0.1, 0.15) is 71.4 Å². The van der Waals surface area contributed by atoms with Crippen molar-refractivity contribution in [2.45, 2.75) is 121 Å². The van der Waals surface area contributed by atoms with Crippen LogP contribution in [-0.2, 0) is 45.1 Å². The Morgan fingerprint density at radius 3 is 2.24 bits per heavy atom. The van der Waals surface area contributed by atoms with E-state index >= 15 is 0 Å². The monoisotopic (exact) mass is 775 g/mol. The minimum Gasteiger partial charge on any atom is -0.408 e. The molecule has 2 unspecified atom stereocenters. The van der Waals surface area contributed by atoms with Gasteiger partial charge in [0.2, 0.25) is 0 Å². The molecule has 2 fully saturated rings. The van der Waals surface area contributed by atoms with E-state index in [2.05, 4.69) is 82.7 Å². The second-order valence-corrected chi connectivity index (χ2v) is 28.4. The summed E-state index contributed by atoms with van der Waals surface area (Å²) >= 11 is 5.80. The number of hydrogen-bond donors (Lipinski definition) is 1. The number of rotatable bonds is 9. The SMILES string of the molecule is CC(C)(C)[Si](C)(C)O[C@@H]1[C@H](O[Si](C)(C)C(C)(C)C)[C@@H](COP2(=S)OCCC(c3cccc(C(F)(F)F)c3)O2)O[C@H]1n1cnc2c(N)ncnc21. The molecule has 3 aromatic rings. The van der Waals surface area contributed by atoms with Crippen LogP contribution in [0.2, 0.25) is 36.3 Å². The van der Waals surface area contributed by atoms with E-state index in [1.165, 1.54) is 12.4 Å². The second kappa shape index (κ2) is 13.9. The highest BCUT2D eigenvalue weighted by atomic mass is 32.5. The van der Waals surface area contributed by atoms with Crippen molar-refractivity contribution < 1.29 is 40.3 Å². The predicted molar refractivity (Wildman–Crippen MR) is 194 cm³/mol. The maximum Gasteiger partial charge on any atom is 0.416 e. The van der Waals surface area contributed by atoms with Crippen LogP contribution in [0.5, 0.6) is 0 Å². The van der Waals surface area contributed by atoms with Crippen molar-refractivity contribution in [2.24, 2.45) is 0 Å². The molecule has 0 aliphatic carbocycles. The van der Waals surface area contributed by atoms with Crippen LogP contribution in [0, 0.1) is 0 Å². The number of ether oxygens (including phenoxy) is 1. The number of halogens is 3. The normalized spacial score (nSPS) is 27.3. The number of imidazole rings is 1. The molecule has 278 valence electrons. The van der Waals surface area contributed by atoms with Gasteiger partial charge in [0.05, 0.1) is 31.2 Å². The Balaban J connectivity index is 1.50. The molecular formula is C32H49F3N5O6PSSi2. The van der Waals surface area contributed by atoms with Gasteiger partial charge >= 0.3 is 12.9 Å². The standard InChI is InChI=1S/C32H49F3N5O6PSSi2/c1-30(2,3)49(7,8)45-25-23(17-42-47(48)41-15-14-22(44-47)20-12-11-13-21(16-20)32(33,34)35)43-29(26(25)46-50(9,10)31(4,5)6)40-19-39-24-27(36)37-18-38-28(24)40/h11-13,16,18-19,22-23,25-26,29H,14-15,17H2,1-10H3,(H2,36,37,38)/t22?,23-,25-,26-,29-,47?/m1/s1. The highest BCUT2D eigenvalue weighted by Crippen LogP contribution is 2.58. The molecule has 2 aliphatic rings. The first kappa shape index (κ1) is 39.4. The molecule has 0 bridgehead atoms. The number of hydrogen-bond acceptors (Lipinski definition) is 11. The quantitative estimate of drug-likeness (QED) is 0.166. The number of benzene rings is 1. The van der Waals surface area contributed by atoms with Crippen LogP contribution in [0.3, 0.4) is 0 Å². The summed E-state index contributed by atoms with van der Waals surface area (Å²) in [7, 11) is -4.91. The van der Waals surface area contributed by atoms with E-state index < -0.39 is 65.7 Å². The van der Waals surface area contributed by atoms with Gasteiger partial charge in [0.1, 0.15) is 30.2 Å². The summed E-state index contributed by atoms with van der Waals surface area (Å²) in [5.74, 6) is 0.238. The molecule has 0 saturated carbocycles. The van der Waals surface area contributed by atoms with Crippen LogP contribution in [0.25, 0.3) is 11.2 Å². The van der Waals surface area contributed by atoms with Gasteiger partial charge in [-0.3, -0.25) is 4.57 Å². The van der Waals surface area contributed by atoms with Crippen molar-refractivity contribution in [3.05, 3.63) is 48.0 Å². The first-order chi connectivity index (χ1) is 22.9. The van der Waals surface area contributed by atoms with Gasteiger partial charge in [-0.05, 0) is 65.8 Å². The Morgan fingerprint density at radius 2 is 1.62 bits per heavy atom. The summed E-state index contributed by atoms with van der Waals surface area (Å²) in [4.78, 5) is 13.1. The van der Waals surface area contributed by atoms with Crippen molar-refractivity contribution in [1.82, 2.24) is 19.5 Å². The zero-order valence-corrected chi connectivity index (χ0v) is 34.0. The van der Waals surface area contributed by atoms with Gasteiger partial charge in [0.25, 0.3) is 0 Å². The van der Waals surface area contributed by atoms with Gasteiger partial charge in [0.15, 0.2) is 34.3 Å². The number of fused-ring (bicyclic) bond motifs is 1. The lowest BCUT2D eigenvalue weighted by molar-refractivity contribution is -0.137. The lowest BCUT2D eigenvalue weighted by Crippen LogP contribution is -2.54. The minimum atomic E-state index is -4.49. The van der Waals surface area contributed by atoms with Crippen LogP contribution in [0.4, 0.5) is 19.0 Å². The molecule has 1 aromatic carbocycles. The molecule has 2 saturated heterocycles. The van der Waals surface area contributed by atoms with E-state index in [1.807, 2.05) is 0 Å². The van der Waals surface area contributed by atoms with Crippen LogP contribution in [-0.4, -0.2) is 67.7 Å². The summed E-state index contributed by atoms with van der Waals surface area (Å²) in [6.45, 7) is 18.3. The summed E-state index contributed by atoms with van der Waals surface area (Å²) in [6.07, 6.45) is -4.58. The molecule has 2 aromatic heterocycles. The third kappa shape index (κ3) is 8.21. The maximum atomic E-state index is 13.5. The molecule has 6 atom stereocenters. The van der Waals surface area contributed by atoms with Crippen molar-refractivity contribution in [1.29, 1.82) is 0 Å². The molecule has 11 nitrogen and oxygen atoms in total. The average molecular weight is 776 g/mol. The molecule has 5 rings (SSSR count). The zero-order valence-electron chi connectivity index (χ0n) is 30.3. The Bertz CT molecular complexity index is 1730. The number of nitrogen functional groups attached to an aromatic ring is 1. The third-order valence-electron chi connectivity index (χ3n) is 10.3. The smallest absolute Gasteiger partial charge is 0.408 e. The topological polar surface area (TPSA) is 125 Å². The zero-order chi connectivity index (χ0) is 37.1. The second-order valence-electron chi connectivity index (χ2n) is 15.9. The van der Waals surface area contributed by atoms with E-state index in [1.54, 1.807) is 17.0 Å². The van der Waals surface area contributed by atoms with Crippen molar-refractivity contribution >= 4 is 52.1 Å². The summed E-state index contributed by atoms with van der Waals surface area (Å²) in [5, 5.41) is -0.295. The molecule has 2 N–H and O–H groups in total. The molecule has 0 amide bonds. The number of alkyl halides is 3. The van der Waals surface area contributed by atoms with E-state index in [4.69, 9.17) is 44.7 Å². The van der Waals surface area contributed by atoms with Gasteiger partial charge in [-0.15, -0.1) is 0 Å². The maximum absolute atomic E-state index is 13.5. The Hall–Kier alpha value is -1.80. The summed E-state index contributed by atoms with van der Waals surface area (Å²) in [5.41, 5.74) is 6.66. The molecule has 0 radical (unpaired) electrons. The number of anilines is 1. The van der Waals surface area contributed by atoms with E-state index in [0.29, 0.717) is 23.1 Å². The highest BCUT2D eigenvalue weighted by Gasteiger charge is 2.55. The van der Waals surface area contributed by atoms with Crippen LogP contribution < -0.4 is 5.73 Å². The lowest BCUT2D eigenvalue weighted by atomic mass is 10.0. The van der Waals surface area contributed by atoms with E-state index in [-0.39, 0.29) is 29.1 Å². The number of nitrogens with two attached hydrogens (primary N) is 1. The fourth-order valence-corrected chi connectivity index (χ4v) is 10.0. The molecule has 18 heteroatoms. The lowest BCUT2D eigenvalue weighted by Gasteiger charge is -2.44. The average Bonchev–Trinajstić information content (AvgIpc) is 3.56. The Kier molecular flexibility index (Phi) is 10.9. The fourth-order valence-electron chi connectivity index (χ4n) is 5.31. The van der Waals surface area contributed by atoms with E-state index in [9.17, 15) is 13.2 Å².